The SMILES string of the molecule is CCCc1nccn1C(=S)S. The third kappa shape index (κ3) is 2.04. The number of rotatable bonds is 2. The van der Waals surface area contributed by atoms with Crippen molar-refractivity contribution in [2.24, 2.45) is 0 Å². The molecule has 0 atom stereocenters. The van der Waals surface area contributed by atoms with Gasteiger partial charge < -0.3 is 0 Å². The van der Waals surface area contributed by atoms with E-state index in [9.17, 15) is 0 Å². The van der Waals surface area contributed by atoms with Crippen LogP contribution in [0, 0.1) is 0 Å². The Morgan fingerprint density at radius 3 is 3.09 bits per heavy atom. The Morgan fingerprint density at radius 1 is 1.82 bits per heavy atom. The largest absolute Gasteiger partial charge is 0.289 e. The highest BCUT2D eigenvalue weighted by Crippen LogP contribution is 2.02. The first-order valence-electron chi connectivity index (χ1n) is 3.51. The molecule has 0 aliphatic heterocycles. The lowest BCUT2D eigenvalue weighted by molar-refractivity contribution is 0.832. The van der Waals surface area contributed by atoms with E-state index >= 15 is 0 Å². The summed E-state index contributed by atoms with van der Waals surface area (Å²) < 4.78 is 2.38. The van der Waals surface area contributed by atoms with Gasteiger partial charge in [0, 0.05) is 18.8 Å². The van der Waals surface area contributed by atoms with Crippen LogP contribution in [-0.2, 0) is 6.42 Å². The molecule has 4 heteroatoms. The number of thiol groups is 1. The Bertz CT molecular complexity index is 255. The van der Waals surface area contributed by atoms with Crippen molar-refractivity contribution in [1.29, 1.82) is 0 Å². The van der Waals surface area contributed by atoms with E-state index in [0.717, 1.165) is 18.7 Å². The molecule has 0 bridgehead atoms. The first-order valence-corrected chi connectivity index (χ1v) is 4.36. The van der Waals surface area contributed by atoms with Gasteiger partial charge in [-0.05, 0) is 6.42 Å². The standard InChI is InChI=1S/C7H10N2S2/c1-2-3-6-8-4-5-9(6)7(10)11/h4-5H,2-3H2,1H3,(H,10,11). The van der Waals surface area contributed by atoms with Crippen molar-refractivity contribution in [3.05, 3.63) is 18.2 Å². The number of hydrogen-bond donors (Lipinski definition) is 1. The third-order valence-corrected chi connectivity index (χ3v) is 1.81. The minimum Gasteiger partial charge on any atom is -0.289 e. The molecule has 0 unspecified atom stereocenters. The van der Waals surface area contributed by atoms with Crippen LogP contribution in [0.25, 0.3) is 0 Å². The molecule has 0 saturated carbocycles. The summed E-state index contributed by atoms with van der Waals surface area (Å²) in [5, 5.41) is 0. The van der Waals surface area contributed by atoms with Gasteiger partial charge >= 0.3 is 0 Å². The Kier molecular flexibility index (Phi) is 3.08. The Balaban J connectivity index is 2.87. The highest BCUT2D eigenvalue weighted by atomic mass is 32.1. The van der Waals surface area contributed by atoms with E-state index < -0.39 is 0 Å². The zero-order valence-electron chi connectivity index (χ0n) is 6.32. The lowest BCUT2D eigenvalue weighted by Gasteiger charge is -2.01. The van der Waals surface area contributed by atoms with Crippen LogP contribution in [0.3, 0.4) is 0 Å². The van der Waals surface area contributed by atoms with Gasteiger partial charge in [-0.1, -0.05) is 19.1 Å². The molecule has 0 N–H and O–H groups in total. The Morgan fingerprint density at radius 2 is 2.55 bits per heavy atom. The molecule has 1 aromatic rings. The zero-order valence-corrected chi connectivity index (χ0v) is 8.03. The minimum atomic E-state index is 0.561. The van der Waals surface area contributed by atoms with Gasteiger partial charge in [0.05, 0.1) is 0 Å². The lowest BCUT2D eigenvalue weighted by atomic mass is 10.3. The van der Waals surface area contributed by atoms with Gasteiger partial charge in [-0.3, -0.25) is 4.57 Å². The summed E-state index contributed by atoms with van der Waals surface area (Å²) in [4.78, 5) is 4.15. The number of nitrogens with zero attached hydrogens (tertiary/aromatic N) is 2. The average Bonchev–Trinajstić information content (AvgIpc) is 2.36. The van der Waals surface area contributed by atoms with Gasteiger partial charge in [0.25, 0.3) is 0 Å². The summed E-state index contributed by atoms with van der Waals surface area (Å²) >= 11 is 8.98. The van der Waals surface area contributed by atoms with E-state index in [1.807, 2.05) is 10.8 Å². The number of aromatic nitrogens is 2. The molecule has 2 nitrogen and oxygen atoms in total. The van der Waals surface area contributed by atoms with Crippen LogP contribution in [0.5, 0.6) is 0 Å². The molecule has 11 heavy (non-hydrogen) atoms. The fourth-order valence-corrected chi connectivity index (χ4v) is 1.27. The van der Waals surface area contributed by atoms with Crippen molar-refractivity contribution in [2.45, 2.75) is 19.8 Å². The summed E-state index contributed by atoms with van der Waals surface area (Å²) in [6.45, 7) is 2.11. The molecule has 0 radical (unpaired) electrons. The average molecular weight is 186 g/mol. The van der Waals surface area contributed by atoms with Crippen LogP contribution in [0.2, 0.25) is 0 Å². The van der Waals surface area contributed by atoms with Crippen molar-refractivity contribution < 1.29 is 0 Å². The maximum absolute atomic E-state index is 4.90. The molecule has 1 aromatic heterocycles. The molecule has 0 spiro atoms. The quantitative estimate of drug-likeness (QED) is 0.561. The second kappa shape index (κ2) is 3.88. The van der Waals surface area contributed by atoms with E-state index in [0.29, 0.717) is 4.32 Å². The van der Waals surface area contributed by atoms with E-state index in [-0.39, 0.29) is 0 Å². The minimum absolute atomic E-state index is 0.561. The summed E-state index contributed by atoms with van der Waals surface area (Å²) in [6.07, 6.45) is 5.61. The van der Waals surface area contributed by atoms with Gasteiger partial charge in [-0.25, -0.2) is 4.98 Å². The Hall–Kier alpha value is -0.350. The normalized spacial score (nSPS) is 10.0. The van der Waals surface area contributed by atoms with Crippen molar-refractivity contribution in [1.82, 2.24) is 9.55 Å². The zero-order chi connectivity index (χ0) is 8.27. The highest BCUT2D eigenvalue weighted by Gasteiger charge is 2.01. The van der Waals surface area contributed by atoms with E-state index in [1.54, 1.807) is 6.20 Å². The molecule has 0 amide bonds. The lowest BCUT2D eigenvalue weighted by Crippen LogP contribution is -2.05. The van der Waals surface area contributed by atoms with Crippen molar-refractivity contribution >= 4 is 29.2 Å². The van der Waals surface area contributed by atoms with Crippen molar-refractivity contribution in [2.75, 3.05) is 0 Å². The molecule has 0 aromatic carbocycles. The second-order valence-electron chi connectivity index (χ2n) is 2.25. The Labute approximate surface area is 77.0 Å². The van der Waals surface area contributed by atoms with Gasteiger partial charge in [0.2, 0.25) is 0 Å². The number of hydrogen-bond acceptors (Lipinski definition) is 2. The highest BCUT2D eigenvalue weighted by molar-refractivity contribution is 8.11. The van der Waals surface area contributed by atoms with Crippen LogP contribution in [-0.4, -0.2) is 13.9 Å². The van der Waals surface area contributed by atoms with Crippen LogP contribution in [0.15, 0.2) is 12.4 Å². The predicted octanol–water partition coefficient (Wildman–Crippen LogP) is 1.90. The fraction of sp³-hybridized carbons (Fsp3) is 0.429. The van der Waals surface area contributed by atoms with E-state index in [4.69, 9.17) is 12.2 Å². The molecular formula is C7H10N2S2. The van der Waals surface area contributed by atoms with Gasteiger partial charge in [0.15, 0.2) is 0 Å². The van der Waals surface area contributed by atoms with Gasteiger partial charge in [-0.2, -0.15) is 0 Å². The maximum atomic E-state index is 4.90. The van der Waals surface area contributed by atoms with Crippen LogP contribution < -0.4 is 0 Å². The smallest absolute Gasteiger partial charge is 0.142 e. The monoisotopic (exact) mass is 186 g/mol. The van der Waals surface area contributed by atoms with Crippen LogP contribution >= 0.6 is 24.8 Å². The summed E-state index contributed by atoms with van der Waals surface area (Å²) in [5.74, 6) is 0.993. The number of thiocarbonyl (C=S) groups is 1. The second-order valence-corrected chi connectivity index (χ2v) is 3.36. The van der Waals surface area contributed by atoms with Crippen molar-refractivity contribution in [3.63, 3.8) is 0 Å². The first-order chi connectivity index (χ1) is 5.25. The molecular weight excluding hydrogens is 176 g/mol. The molecule has 60 valence electrons. The molecule has 1 heterocycles. The number of imidazole rings is 1. The topological polar surface area (TPSA) is 17.8 Å². The van der Waals surface area contributed by atoms with Crippen LogP contribution in [0.1, 0.15) is 19.2 Å². The third-order valence-electron chi connectivity index (χ3n) is 1.40. The molecule has 0 aliphatic carbocycles. The van der Waals surface area contributed by atoms with Gasteiger partial charge in [-0.15, -0.1) is 12.6 Å². The van der Waals surface area contributed by atoms with Crippen molar-refractivity contribution in [3.8, 4) is 0 Å². The fourth-order valence-electron chi connectivity index (χ4n) is 0.917. The van der Waals surface area contributed by atoms with E-state index in [2.05, 4.69) is 24.5 Å². The summed E-state index contributed by atoms with van der Waals surface area (Å²) in [5.41, 5.74) is 0. The molecule has 0 saturated heterocycles. The van der Waals surface area contributed by atoms with E-state index in [1.165, 1.54) is 0 Å². The summed E-state index contributed by atoms with van der Waals surface area (Å²) in [6, 6.07) is 0. The molecule has 0 aliphatic rings. The summed E-state index contributed by atoms with van der Waals surface area (Å²) in [7, 11) is 0. The predicted molar refractivity (Wildman–Crippen MR) is 53.2 cm³/mol. The van der Waals surface area contributed by atoms with Crippen LogP contribution in [0.4, 0.5) is 0 Å². The molecule has 0 fully saturated rings. The first kappa shape index (κ1) is 8.74. The van der Waals surface area contributed by atoms with Gasteiger partial charge in [0.1, 0.15) is 10.1 Å². The number of aryl methyl sites for hydroxylation is 1. The maximum Gasteiger partial charge on any atom is 0.142 e. The molecule has 1 rings (SSSR count).